The topological polar surface area (TPSA) is 34.0 Å². The molecular weight excluding hydrogens is 236 g/mol. The van der Waals surface area contributed by atoms with Crippen molar-refractivity contribution in [2.24, 2.45) is 0 Å². The van der Waals surface area contributed by atoms with Gasteiger partial charge in [-0.05, 0) is 37.9 Å². The fourth-order valence-electron chi connectivity index (χ4n) is 2.75. The molecule has 0 amide bonds. The Morgan fingerprint density at radius 1 is 1.37 bits per heavy atom. The second-order valence-electron chi connectivity index (χ2n) is 5.35. The van der Waals surface area contributed by atoms with E-state index in [4.69, 9.17) is 0 Å². The summed E-state index contributed by atoms with van der Waals surface area (Å²) in [6.07, 6.45) is 10.3. The minimum absolute atomic E-state index is 0.609. The van der Waals surface area contributed by atoms with Crippen LogP contribution in [-0.2, 0) is 13.1 Å². The summed E-state index contributed by atoms with van der Waals surface area (Å²) >= 11 is 0. The van der Waals surface area contributed by atoms with Crippen LogP contribution in [0.15, 0.2) is 37.1 Å². The highest BCUT2D eigenvalue weighted by Crippen LogP contribution is 2.20. The smallest absolute Gasteiger partial charge is 0.0946 e. The molecule has 4 nitrogen and oxygen atoms in total. The van der Waals surface area contributed by atoms with Crippen LogP contribution >= 0.6 is 0 Å². The molecular formula is C15H20N4. The maximum atomic E-state index is 4.51. The van der Waals surface area contributed by atoms with Crippen molar-refractivity contribution in [3.63, 3.8) is 0 Å². The number of aryl methyl sites for hydroxylation is 1. The van der Waals surface area contributed by atoms with Gasteiger partial charge >= 0.3 is 0 Å². The predicted octanol–water partition coefficient (Wildman–Crippen LogP) is 2.25. The largest absolute Gasteiger partial charge is 0.336 e. The molecule has 1 aliphatic rings. The molecule has 0 aromatic carbocycles. The highest BCUT2D eigenvalue weighted by Gasteiger charge is 2.24. The van der Waals surface area contributed by atoms with Gasteiger partial charge in [-0.3, -0.25) is 9.88 Å². The first kappa shape index (κ1) is 12.4. The van der Waals surface area contributed by atoms with E-state index in [-0.39, 0.29) is 0 Å². The highest BCUT2D eigenvalue weighted by molar-refractivity contribution is 5.12. The Bertz CT molecular complexity index is 503. The molecule has 2 aromatic rings. The minimum Gasteiger partial charge on any atom is -0.336 e. The Morgan fingerprint density at radius 2 is 2.32 bits per heavy atom. The third kappa shape index (κ3) is 3.01. The van der Waals surface area contributed by atoms with Gasteiger partial charge in [0.1, 0.15) is 0 Å². The Hall–Kier alpha value is -1.68. The average molecular weight is 256 g/mol. The van der Waals surface area contributed by atoms with E-state index in [9.17, 15) is 0 Å². The number of pyridine rings is 1. The zero-order valence-corrected chi connectivity index (χ0v) is 11.4. The van der Waals surface area contributed by atoms with E-state index in [1.54, 1.807) is 0 Å². The third-order valence-electron chi connectivity index (χ3n) is 3.82. The molecule has 0 aliphatic carbocycles. The molecule has 3 heterocycles. The van der Waals surface area contributed by atoms with Gasteiger partial charge < -0.3 is 4.57 Å². The normalized spacial score (nSPS) is 19.9. The molecule has 0 N–H and O–H groups in total. The summed E-state index contributed by atoms with van der Waals surface area (Å²) in [5.41, 5.74) is 2.39. The quantitative estimate of drug-likeness (QED) is 0.841. The molecule has 0 bridgehead atoms. The minimum atomic E-state index is 0.609. The van der Waals surface area contributed by atoms with Crippen LogP contribution < -0.4 is 0 Å². The summed E-state index contributed by atoms with van der Waals surface area (Å²) in [6, 6.07) is 4.89. The lowest BCUT2D eigenvalue weighted by Crippen LogP contribution is -2.32. The van der Waals surface area contributed by atoms with Crippen LogP contribution in [0.2, 0.25) is 0 Å². The van der Waals surface area contributed by atoms with Gasteiger partial charge in [-0.15, -0.1) is 0 Å². The van der Waals surface area contributed by atoms with Crippen LogP contribution in [0.25, 0.3) is 0 Å². The monoisotopic (exact) mass is 256 g/mol. The SMILES string of the molecule is Cc1ccc(CN2CCC[C@@H]2Cn2ccnc2)nc1. The number of imidazole rings is 1. The van der Waals surface area contributed by atoms with E-state index >= 15 is 0 Å². The van der Waals surface area contributed by atoms with Crippen molar-refractivity contribution in [2.75, 3.05) is 6.54 Å². The van der Waals surface area contributed by atoms with Crippen molar-refractivity contribution in [2.45, 2.75) is 38.9 Å². The van der Waals surface area contributed by atoms with Crippen molar-refractivity contribution in [1.29, 1.82) is 0 Å². The van der Waals surface area contributed by atoms with Gasteiger partial charge in [0, 0.05) is 37.7 Å². The maximum Gasteiger partial charge on any atom is 0.0946 e. The van der Waals surface area contributed by atoms with Gasteiger partial charge in [-0.25, -0.2) is 4.98 Å². The van der Waals surface area contributed by atoms with Crippen molar-refractivity contribution in [3.8, 4) is 0 Å². The van der Waals surface area contributed by atoms with Crippen LogP contribution in [-0.4, -0.2) is 32.0 Å². The summed E-state index contributed by atoms with van der Waals surface area (Å²) in [6.45, 7) is 5.24. The number of aromatic nitrogens is 3. The molecule has 19 heavy (non-hydrogen) atoms. The van der Waals surface area contributed by atoms with Crippen LogP contribution in [0.1, 0.15) is 24.1 Å². The highest BCUT2D eigenvalue weighted by atomic mass is 15.2. The van der Waals surface area contributed by atoms with Crippen LogP contribution in [0.4, 0.5) is 0 Å². The van der Waals surface area contributed by atoms with Crippen molar-refractivity contribution < 1.29 is 0 Å². The predicted molar refractivity (Wildman–Crippen MR) is 74.6 cm³/mol. The third-order valence-corrected chi connectivity index (χ3v) is 3.82. The van der Waals surface area contributed by atoms with Crippen molar-refractivity contribution >= 4 is 0 Å². The zero-order valence-electron chi connectivity index (χ0n) is 11.4. The van der Waals surface area contributed by atoms with Gasteiger partial charge in [0.25, 0.3) is 0 Å². The number of rotatable bonds is 4. The fourth-order valence-corrected chi connectivity index (χ4v) is 2.75. The van der Waals surface area contributed by atoms with E-state index in [2.05, 4.69) is 38.5 Å². The Morgan fingerprint density at radius 3 is 3.05 bits per heavy atom. The van der Waals surface area contributed by atoms with Gasteiger partial charge in [0.2, 0.25) is 0 Å². The number of hydrogen-bond acceptors (Lipinski definition) is 3. The molecule has 0 unspecified atom stereocenters. The lowest BCUT2D eigenvalue weighted by Gasteiger charge is -2.24. The number of hydrogen-bond donors (Lipinski definition) is 0. The molecule has 0 saturated carbocycles. The van der Waals surface area contributed by atoms with Crippen LogP contribution in [0.5, 0.6) is 0 Å². The lowest BCUT2D eigenvalue weighted by molar-refractivity contribution is 0.222. The van der Waals surface area contributed by atoms with Crippen molar-refractivity contribution in [1.82, 2.24) is 19.4 Å². The Labute approximate surface area is 114 Å². The first-order valence-electron chi connectivity index (χ1n) is 6.92. The van der Waals surface area contributed by atoms with Gasteiger partial charge in [-0.2, -0.15) is 0 Å². The van der Waals surface area contributed by atoms with Gasteiger partial charge in [0.15, 0.2) is 0 Å². The van der Waals surface area contributed by atoms with E-state index in [0.717, 1.165) is 13.1 Å². The molecule has 4 heteroatoms. The summed E-state index contributed by atoms with van der Waals surface area (Å²) in [4.78, 5) is 11.2. The molecule has 1 atom stereocenters. The zero-order chi connectivity index (χ0) is 13.1. The molecule has 3 rings (SSSR count). The van der Waals surface area contributed by atoms with Crippen LogP contribution in [0, 0.1) is 6.92 Å². The molecule has 1 aliphatic heterocycles. The van der Waals surface area contributed by atoms with Gasteiger partial charge in [-0.1, -0.05) is 6.07 Å². The first-order valence-corrected chi connectivity index (χ1v) is 6.92. The Balaban J connectivity index is 1.64. The fraction of sp³-hybridized carbons (Fsp3) is 0.467. The number of likely N-dealkylation sites (tertiary alicyclic amines) is 1. The average Bonchev–Trinajstić information content (AvgIpc) is 3.06. The summed E-state index contributed by atoms with van der Waals surface area (Å²) in [5.74, 6) is 0. The van der Waals surface area contributed by atoms with Gasteiger partial charge in [0.05, 0.1) is 12.0 Å². The standard InChI is InChI=1S/C15H20N4/c1-13-4-5-14(17-9-13)10-19-7-2-3-15(19)11-18-8-6-16-12-18/h4-6,8-9,12,15H,2-3,7,10-11H2,1H3/t15-/m1/s1. The summed E-state index contributed by atoms with van der Waals surface area (Å²) < 4.78 is 2.17. The molecule has 0 radical (unpaired) electrons. The molecule has 100 valence electrons. The summed E-state index contributed by atoms with van der Waals surface area (Å²) in [5, 5.41) is 0. The first-order chi connectivity index (χ1) is 9.31. The second kappa shape index (κ2) is 5.53. The van der Waals surface area contributed by atoms with E-state index < -0.39 is 0 Å². The second-order valence-corrected chi connectivity index (χ2v) is 5.35. The molecule has 0 spiro atoms. The Kier molecular flexibility index (Phi) is 3.60. The van der Waals surface area contributed by atoms with E-state index in [1.807, 2.05) is 24.9 Å². The van der Waals surface area contributed by atoms with E-state index in [0.29, 0.717) is 6.04 Å². The molecule has 2 aromatic heterocycles. The van der Waals surface area contributed by atoms with Crippen molar-refractivity contribution in [3.05, 3.63) is 48.3 Å². The molecule has 1 saturated heterocycles. The molecule has 1 fully saturated rings. The summed E-state index contributed by atoms with van der Waals surface area (Å²) in [7, 11) is 0. The maximum absolute atomic E-state index is 4.51. The lowest BCUT2D eigenvalue weighted by atomic mass is 10.2. The van der Waals surface area contributed by atoms with Crippen LogP contribution in [0.3, 0.4) is 0 Å². The number of nitrogens with zero attached hydrogens (tertiary/aromatic N) is 4. The van der Waals surface area contributed by atoms with E-state index in [1.165, 1.54) is 30.6 Å².